The van der Waals surface area contributed by atoms with Crippen LogP contribution in [0.1, 0.15) is 32.5 Å². The van der Waals surface area contributed by atoms with Crippen LogP contribution in [0, 0.1) is 5.92 Å². The first kappa shape index (κ1) is 16.0. The molecule has 6 heteroatoms. The van der Waals surface area contributed by atoms with E-state index in [2.05, 4.69) is 27.5 Å². The molecular formula is C15H26N4O2. The van der Waals surface area contributed by atoms with Crippen LogP contribution in [-0.4, -0.2) is 42.9 Å². The Kier molecular flexibility index (Phi) is 6.20. The van der Waals surface area contributed by atoms with Crippen LogP contribution in [0.4, 0.5) is 11.6 Å². The molecule has 0 amide bonds. The minimum atomic E-state index is 0.367. The van der Waals surface area contributed by atoms with Crippen molar-refractivity contribution in [1.29, 1.82) is 0 Å². The lowest BCUT2D eigenvalue weighted by atomic mass is 10.00. The molecule has 0 bridgehead atoms. The Hall–Kier alpha value is -1.40. The summed E-state index contributed by atoms with van der Waals surface area (Å²) in [5.74, 6) is 2.89. The second-order valence-electron chi connectivity index (χ2n) is 5.19. The molecule has 0 aliphatic carbocycles. The van der Waals surface area contributed by atoms with E-state index in [-0.39, 0.29) is 0 Å². The molecule has 1 fully saturated rings. The highest BCUT2D eigenvalue weighted by Gasteiger charge is 2.26. The van der Waals surface area contributed by atoms with Crippen LogP contribution in [0.15, 0.2) is 6.07 Å². The fraction of sp³-hybridized carbons (Fsp3) is 0.733. The van der Waals surface area contributed by atoms with Crippen LogP contribution in [0.2, 0.25) is 0 Å². The Morgan fingerprint density at radius 1 is 1.33 bits per heavy atom. The zero-order valence-electron chi connectivity index (χ0n) is 13.2. The molecule has 118 valence electrons. The smallest absolute Gasteiger partial charge is 0.158 e. The summed E-state index contributed by atoms with van der Waals surface area (Å²) in [7, 11) is 1.86. The van der Waals surface area contributed by atoms with Crippen LogP contribution < -0.4 is 10.6 Å². The molecule has 2 rings (SSSR count). The topological polar surface area (TPSA) is 68.3 Å². The summed E-state index contributed by atoms with van der Waals surface area (Å²) in [6.45, 7) is 6.98. The van der Waals surface area contributed by atoms with Gasteiger partial charge in [-0.1, -0.05) is 6.92 Å². The number of aromatic nitrogens is 2. The summed E-state index contributed by atoms with van der Waals surface area (Å²) < 4.78 is 11.1. The lowest BCUT2D eigenvalue weighted by Crippen LogP contribution is -2.23. The van der Waals surface area contributed by atoms with E-state index < -0.39 is 0 Å². The van der Waals surface area contributed by atoms with Gasteiger partial charge in [-0.2, -0.15) is 0 Å². The number of ether oxygens (including phenoxy) is 2. The van der Waals surface area contributed by atoms with Crippen LogP contribution in [-0.2, 0) is 16.1 Å². The maximum atomic E-state index is 5.72. The molecule has 6 nitrogen and oxygen atoms in total. The van der Waals surface area contributed by atoms with E-state index in [9.17, 15) is 0 Å². The van der Waals surface area contributed by atoms with Crippen molar-refractivity contribution in [3.05, 3.63) is 11.9 Å². The highest BCUT2D eigenvalue weighted by atomic mass is 16.5. The van der Waals surface area contributed by atoms with E-state index in [1.54, 1.807) is 0 Å². The van der Waals surface area contributed by atoms with Gasteiger partial charge >= 0.3 is 0 Å². The van der Waals surface area contributed by atoms with Gasteiger partial charge in [-0.15, -0.1) is 0 Å². The van der Waals surface area contributed by atoms with Gasteiger partial charge in [0.1, 0.15) is 18.2 Å². The SMILES string of the molecule is CCOCc1nc(NC)cc(NCC2CCOC2CC)n1. The molecule has 1 aromatic rings. The van der Waals surface area contributed by atoms with Crippen molar-refractivity contribution < 1.29 is 9.47 Å². The summed E-state index contributed by atoms with van der Waals surface area (Å²) >= 11 is 0. The molecule has 0 radical (unpaired) electrons. The normalized spacial score (nSPS) is 21.5. The Morgan fingerprint density at radius 3 is 2.86 bits per heavy atom. The molecule has 2 unspecified atom stereocenters. The second kappa shape index (κ2) is 8.14. The van der Waals surface area contributed by atoms with Crippen LogP contribution in [0.25, 0.3) is 0 Å². The first-order valence-electron chi connectivity index (χ1n) is 7.75. The molecular weight excluding hydrogens is 268 g/mol. The van der Waals surface area contributed by atoms with Gasteiger partial charge in [0.15, 0.2) is 5.82 Å². The van der Waals surface area contributed by atoms with E-state index in [0.29, 0.717) is 31.1 Å². The van der Waals surface area contributed by atoms with Crippen LogP contribution in [0.3, 0.4) is 0 Å². The fourth-order valence-electron chi connectivity index (χ4n) is 2.59. The molecule has 2 atom stereocenters. The van der Waals surface area contributed by atoms with Crippen molar-refractivity contribution in [2.75, 3.05) is 37.4 Å². The van der Waals surface area contributed by atoms with E-state index in [0.717, 1.165) is 37.6 Å². The average Bonchev–Trinajstić information content (AvgIpc) is 2.98. The Labute approximate surface area is 126 Å². The summed E-state index contributed by atoms with van der Waals surface area (Å²) in [6, 6.07) is 1.92. The van der Waals surface area contributed by atoms with Gasteiger partial charge in [0.2, 0.25) is 0 Å². The standard InChI is InChI=1S/C15H26N4O2/c1-4-12-11(6-7-21-12)9-17-14-8-13(16-3)18-15(19-14)10-20-5-2/h8,11-12H,4-7,9-10H2,1-3H3,(H2,16,17,18,19). The molecule has 2 N–H and O–H groups in total. The molecule has 0 spiro atoms. The van der Waals surface area contributed by atoms with Crippen molar-refractivity contribution in [1.82, 2.24) is 9.97 Å². The third-order valence-electron chi connectivity index (χ3n) is 3.76. The minimum absolute atomic E-state index is 0.367. The average molecular weight is 294 g/mol. The number of nitrogens with zero attached hydrogens (tertiary/aromatic N) is 2. The summed E-state index contributed by atoms with van der Waals surface area (Å²) in [5.41, 5.74) is 0. The molecule has 2 heterocycles. The van der Waals surface area contributed by atoms with Crippen molar-refractivity contribution in [2.24, 2.45) is 5.92 Å². The second-order valence-corrected chi connectivity index (χ2v) is 5.19. The first-order chi connectivity index (χ1) is 10.3. The Bertz CT molecular complexity index is 442. The first-order valence-corrected chi connectivity index (χ1v) is 7.75. The lowest BCUT2D eigenvalue weighted by molar-refractivity contribution is 0.0900. The van der Waals surface area contributed by atoms with Gasteiger partial charge < -0.3 is 20.1 Å². The number of rotatable bonds is 8. The van der Waals surface area contributed by atoms with Crippen LogP contribution in [0.5, 0.6) is 0 Å². The van der Waals surface area contributed by atoms with Crippen molar-refractivity contribution in [3.8, 4) is 0 Å². The molecule has 1 saturated heterocycles. The maximum absolute atomic E-state index is 5.72. The molecule has 0 saturated carbocycles. The largest absolute Gasteiger partial charge is 0.378 e. The van der Waals surface area contributed by atoms with Crippen molar-refractivity contribution in [3.63, 3.8) is 0 Å². The number of hydrogen-bond donors (Lipinski definition) is 2. The van der Waals surface area contributed by atoms with Gasteiger partial charge in [-0.25, -0.2) is 9.97 Å². The van der Waals surface area contributed by atoms with Crippen molar-refractivity contribution >= 4 is 11.6 Å². The van der Waals surface area contributed by atoms with Gasteiger partial charge in [-0.3, -0.25) is 0 Å². The highest BCUT2D eigenvalue weighted by Crippen LogP contribution is 2.24. The van der Waals surface area contributed by atoms with E-state index in [4.69, 9.17) is 9.47 Å². The van der Waals surface area contributed by atoms with E-state index >= 15 is 0 Å². The zero-order valence-corrected chi connectivity index (χ0v) is 13.2. The maximum Gasteiger partial charge on any atom is 0.158 e. The third-order valence-corrected chi connectivity index (χ3v) is 3.76. The summed E-state index contributed by atoms with van der Waals surface area (Å²) in [6.07, 6.45) is 2.54. The molecule has 1 aliphatic heterocycles. The van der Waals surface area contributed by atoms with Gasteiger partial charge in [-0.05, 0) is 19.8 Å². The Balaban J connectivity index is 1.97. The quantitative estimate of drug-likeness (QED) is 0.766. The lowest BCUT2D eigenvalue weighted by Gasteiger charge is -2.18. The number of nitrogens with one attached hydrogen (secondary N) is 2. The Morgan fingerprint density at radius 2 is 2.14 bits per heavy atom. The van der Waals surface area contributed by atoms with Gasteiger partial charge in [0.25, 0.3) is 0 Å². The molecule has 1 aromatic heterocycles. The molecule has 21 heavy (non-hydrogen) atoms. The van der Waals surface area contributed by atoms with Gasteiger partial charge in [0, 0.05) is 38.8 Å². The van der Waals surface area contributed by atoms with Crippen LogP contribution >= 0.6 is 0 Å². The predicted molar refractivity (Wildman–Crippen MR) is 83.5 cm³/mol. The summed E-state index contributed by atoms with van der Waals surface area (Å²) in [5, 5.41) is 6.48. The third kappa shape index (κ3) is 4.54. The number of hydrogen-bond acceptors (Lipinski definition) is 6. The molecule has 0 aromatic carbocycles. The number of anilines is 2. The van der Waals surface area contributed by atoms with E-state index in [1.165, 1.54) is 0 Å². The predicted octanol–water partition coefficient (Wildman–Crippen LogP) is 2.28. The molecule has 1 aliphatic rings. The van der Waals surface area contributed by atoms with Crippen molar-refractivity contribution in [2.45, 2.75) is 39.4 Å². The monoisotopic (exact) mass is 294 g/mol. The fourth-order valence-corrected chi connectivity index (χ4v) is 2.59. The highest BCUT2D eigenvalue weighted by molar-refractivity contribution is 5.47. The van der Waals surface area contributed by atoms with Gasteiger partial charge in [0.05, 0.1) is 6.10 Å². The summed E-state index contributed by atoms with van der Waals surface area (Å²) in [4.78, 5) is 8.89. The zero-order chi connectivity index (χ0) is 15.1. The minimum Gasteiger partial charge on any atom is -0.378 e. The van der Waals surface area contributed by atoms with E-state index in [1.807, 2.05) is 20.0 Å².